The molecule has 0 saturated carbocycles. The zero-order valence-electron chi connectivity index (χ0n) is 17.8. The maximum atomic E-state index is 11.7. The molecule has 8 nitrogen and oxygen atoms in total. The van der Waals surface area contributed by atoms with Gasteiger partial charge in [-0.2, -0.15) is 0 Å². The molecular weight excluding hydrogens is 396 g/mol. The van der Waals surface area contributed by atoms with Crippen molar-refractivity contribution in [1.29, 1.82) is 0 Å². The van der Waals surface area contributed by atoms with Crippen LogP contribution in [0.25, 0.3) is 11.0 Å². The van der Waals surface area contributed by atoms with Crippen molar-refractivity contribution in [3.05, 3.63) is 53.5 Å². The Kier molecular flexibility index (Phi) is 3.87. The first-order chi connectivity index (χ1) is 14.7. The SMILES string of the molecule is CC1(C)O[C@@H]2[C@H](O1)[C@@H]([C@](C)(O)c1ccc3c(c1)CC3)O[C@H]2n1ccc2c(N)ncnc21. The van der Waals surface area contributed by atoms with E-state index in [4.69, 9.17) is 19.9 Å². The number of hydrogen-bond acceptors (Lipinski definition) is 7. The number of benzene rings is 1. The van der Waals surface area contributed by atoms with Crippen molar-refractivity contribution in [3.63, 3.8) is 0 Å². The number of aryl methyl sites for hydroxylation is 2. The number of aliphatic hydroxyl groups is 1. The number of fused-ring (bicyclic) bond motifs is 3. The highest BCUT2D eigenvalue weighted by atomic mass is 16.8. The normalized spacial score (nSPS) is 30.6. The monoisotopic (exact) mass is 422 g/mol. The van der Waals surface area contributed by atoms with Crippen molar-refractivity contribution < 1.29 is 19.3 Å². The molecule has 2 fully saturated rings. The molecule has 0 amide bonds. The van der Waals surface area contributed by atoms with Gasteiger partial charge in [0.05, 0.1) is 5.39 Å². The molecule has 2 aromatic heterocycles. The quantitative estimate of drug-likeness (QED) is 0.668. The molecule has 0 radical (unpaired) electrons. The molecule has 2 saturated heterocycles. The van der Waals surface area contributed by atoms with Gasteiger partial charge in [-0.3, -0.25) is 0 Å². The lowest BCUT2D eigenvalue weighted by Gasteiger charge is -2.35. The zero-order chi connectivity index (χ0) is 21.5. The number of nitrogens with zero attached hydrogens (tertiary/aromatic N) is 3. The second-order valence-corrected chi connectivity index (χ2v) is 9.36. The van der Waals surface area contributed by atoms with E-state index in [-0.39, 0.29) is 0 Å². The van der Waals surface area contributed by atoms with Gasteiger partial charge >= 0.3 is 0 Å². The fourth-order valence-corrected chi connectivity index (χ4v) is 5.12. The second-order valence-electron chi connectivity index (χ2n) is 9.36. The molecule has 1 aromatic carbocycles. The molecule has 0 spiro atoms. The number of anilines is 1. The summed E-state index contributed by atoms with van der Waals surface area (Å²) in [7, 11) is 0. The third-order valence-corrected chi connectivity index (χ3v) is 6.85. The Labute approximate surface area is 180 Å². The second kappa shape index (κ2) is 6.26. The van der Waals surface area contributed by atoms with Gasteiger partial charge in [0.1, 0.15) is 41.7 Å². The van der Waals surface area contributed by atoms with E-state index < -0.39 is 35.9 Å². The third-order valence-electron chi connectivity index (χ3n) is 6.85. The Hall–Kier alpha value is -2.52. The van der Waals surface area contributed by atoms with Gasteiger partial charge in [0, 0.05) is 6.20 Å². The van der Waals surface area contributed by atoms with Crippen molar-refractivity contribution in [2.45, 2.75) is 69.5 Å². The van der Waals surface area contributed by atoms with Crippen LogP contribution in [-0.2, 0) is 32.7 Å². The van der Waals surface area contributed by atoms with Gasteiger partial charge in [-0.05, 0) is 56.4 Å². The molecule has 31 heavy (non-hydrogen) atoms. The van der Waals surface area contributed by atoms with E-state index >= 15 is 0 Å². The highest BCUT2D eigenvalue weighted by Crippen LogP contribution is 2.49. The number of hydrogen-bond donors (Lipinski definition) is 2. The molecule has 0 unspecified atom stereocenters. The highest BCUT2D eigenvalue weighted by Gasteiger charge is 2.60. The van der Waals surface area contributed by atoms with Crippen LogP contribution < -0.4 is 5.73 Å². The van der Waals surface area contributed by atoms with Crippen LogP contribution in [0.4, 0.5) is 5.82 Å². The number of rotatable bonds is 3. The Morgan fingerprint density at radius 3 is 2.65 bits per heavy atom. The van der Waals surface area contributed by atoms with Gasteiger partial charge in [-0.15, -0.1) is 0 Å². The molecular formula is C23H26N4O4. The van der Waals surface area contributed by atoms with Gasteiger partial charge in [0.15, 0.2) is 12.0 Å². The fourth-order valence-electron chi connectivity index (χ4n) is 5.12. The Balaban J connectivity index is 1.42. The van der Waals surface area contributed by atoms with Gasteiger partial charge in [-0.1, -0.05) is 18.2 Å². The smallest absolute Gasteiger partial charge is 0.164 e. The lowest BCUT2D eigenvalue weighted by Crippen LogP contribution is -2.45. The van der Waals surface area contributed by atoms with Gasteiger partial charge in [0.25, 0.3) is 0 Å². The summed E-state index contributed by atoms with van der Waals surface area (Å²) in [6.45, 7) is 5.56. The molecule has 8 heteroatoms. The van der Waals surface area contributed by atoms with Gasteiger partial charge in [0.2, 0.25) is 0 Å². The number of ether oxygens (including phenoxy) is 3. The molecule has 0 bridgehead atoms. The van der Waals surface area contributed by atoms with E-state index in [1.165, 1.54) is 17.5 Å². The summed E-state index contributed by atoms with van der Waals surface area (Å²) in [5.74, 6) is -0.379. The predicted octanol–water partition coefficient (Wildman–Crippen LogP) is 2.44. The minimum Gasteiger partial charge on any atom is -0.383 e. The lowest BCUT2D eigenvalue weighted by molar-refractivity contribution is -0.221. The van der Waals surface area contributed by atoms with Crippen LogP contribution in [0.15, 0.2) is 36.8 Å². The Bertz CT molecular complexity index is 1190. The molecule has 1 aliphatic carbocycles. The summed E-state index contributed by atoms with van der Waals surface area (Å²) in [5.41, 5.74) is 8.88. The van der Waals surface area contributed by atoms with Gasteiger partial charge < -0.3 is 29.6 Å². The van der Waals surface area contributed by atoms with E-state index in [2.05, 4.69) is 22.1 Å². The first-order valence-corrected chi connectivity index (χ1v) is 10.7. The third kappa shape index (κ3) is 2.75. The van der Waals surface area contributed by atoms with E-state index in [0.29, 0.717) is 11.5 Å². The molecule has 3 N–H and O–H groups in total. The average molecular weight is 422 g/mol. The summed E-state index contributed by atoms with van der Waals surface area (Å²) in [6, 6.07) is 8.04. The Morgan fingerprint density at radius 1 is 1.13 bits per heavy atom. The molecule has 3 aromatic rings. The summed E-state index contributed by atoms with van der Waals surface area (Å²) in [4.78, 5) is 8.47. The molecule has 2 aliphatic heterocycles. The highest BCUT2D eigenvalue weighted by molar-refractivity contribution is 5.86. The van der Waals surface area contributed by atoms with Crippen LogP contribution in [0.2, 0.25) is 0 Å². The van der Waals surface area contributed by atoms with Crippen LogP contribution >= 0.6 is 0 Å². The summed E-state index contributed by atoms with van der Waals surface area (Å²) >= 11 is 0. The van der Waals surface area contributed by atoms with Crippen molar-refractivity contribution >= 4 is 16.9 Å². The van der Waals surface area contributed by atoms with Crippen molar-refractivity contribution in [3.8, 4) is 0 Å². The predicted molar refractivity (Wildman–Crippen MR) is 113 cm³/mol. The van der Waals surface area contributed by atoms with Crippen LogP contribution in [-0.4, -0.2) is 43.7 Å². The number of aromatic nitrogens is 3. The van der Waals surface area contributed by atoms with Crippen molar-refractivity contribution in [2.24, 2.45) is 0 Å². The maximum Gasteiger partial charge on any atom is 0.164 e. The van der Waals surface area contributed by atoms with Crippen molar-refractivity contribution in [2.75, 3.05) is 5.73 Å². The average Bonchev–Trinajstić information content (AvgIpc) is 3.34. The van der Waals surface area contributed by atoms with Crippen LogP contribution in [0.5, 0.6) is 0 Å². The van der Waals surface area contributed by atoms with Crippen LogP contribution in [0, 0.1) is 0 Å². The fraction of sp³-hybridized carbons (Fsp3) is 0.478. The Morgan fingerprint density at radius 2 is 1.90 bits per heavy atom. The molecule has 6 rings (SSSR count). The number of nitrogens with two attached hydrogens (primary N) is 1. The van der Waals surface area contributed by atoms with E-state index in [1.54, 1.807) is 6.92 Å². The molecule has 162 valence electrons. The maximum absolute atomic E-state index is 11.7. The minimum absolute atomic E-state index is 0.410. The van der Waals surface area contributed by atoms with E-state index in [0.717, 1.165) is 23.8 Å². The van der Waals surface area contributed by atoms with Crippen molar-refractivity contribution in [1.82, 2.24) is 14.5 Å². The van der Waals surface area contributed by atoms with Gasteiger partial charge in [-0.25, -0.2) is 9.97 Å². The van der Waals surface area contributed by atoms with E-state index in [9.17, 15) is 5.11 Å². The lowest BCUT2D eigenvalue weighted by atomic mass is 9.81. The minimum atomic E-state index is -1.26. The topological polar surface area (TPSA) is 105 Å². The summed E-state index contributed by atoms with van der Waals surface area (Å²) < 4.78 is 20.9. The first-order valence-electron chi connectivity index (χ1n) is 10.7. The number of nitrogen functional groups attached to an aromatic ring is 1. The van der Waals surface area contributed by atoms with Crippen LogP contribution in [0.3, 0.4) is 0 Å². The summed E-state index contributed by atoms with van der Waals surface area (Å²) in [6.07, 6.45) is 3.44. The zero-order valence-corrected chi connectivity index (χ0v) is 17.8. The first kappa shape index (κ1) is 19.2. The molecule has 5 atom stereocenters. The molecule has 4 heterocycles. The standard InChI is InChI=1S/C23H26N4O4/c1-22(2)30-16-17(31-22)21(27-9-8-15-19(24)25-11-26-20(15)27)29-18(16)23(3,28)14-7-6-12-4-5-13(12)10-14/h6-11,16-18,21,28H,4-5H2,1-3H3,(H2,24,25,26)/t16-,17+,18-,21+,23+/m0/s1. The van der Waals surface area contributed by atoms with Crippen LogP contribution in [0.1, 0.15) is 43.7 Å². The van der Waals surface area contributed by atoms with E-state index in [1.807, 2.05) is 36.7 Å². The largest absolute Gasteiger partial charge is 0.383 e. The molecule has 3 aliphatic rings. The summed E-state index contributed by atoms with van der Waals surface area (Å²) in [5, 5.41) is 12.4.